The van der Waals surface area contributed by atoms with Gasteiger partial charge in [-0.1, -0.05) is 31.4 Å². The zero-order valence-electron chi connectivity index (χ0n) is 11.4. The van der Waals surface area contributed by atoms with Crippen LogP contribution in [0.1, 0.15) is 43.0 Å². The molecule has 0 bridgehead atoms. The third-order valence-electron chi connectivity index (χ3n) is 3.83. The second kappa shape index (κ2) is 6.29. The average Bonchev–Trinajstić information content (AvgIpc) is 2.41. The second-order valence-electron chi connectivity index (χ2n) is 5.19. The molecule has 0 aliphatic heterocycles. The monoisotopic (exact) mass is 281 g/mol. The van der Waals surface area contributed by atoms with Crippen LogP contribution in [-0.4, -0.2) is 19.1 Å². The number of nitrogens with one attached hydrogen (secondary N) is 1. The quantitative estimate of drug-likeness (QED) is 0.918. The van der Waals surface area contributed by atoms with Crippen LogP contribution in [0.5, 0.6) is 5.75 Å². The van der Waals surface area contributed by atoms with Gasteiger partial charge in [0.2, 0.25) is 0 Å². The van der Waals surface area contributed by atoms with E-state index in [4.69, 9.17) is 16.3 Å². The molecule has 4 heteroatoms. The molecule has 1 fully saturated rings. The molecule has 0 unspecified atom stereocenters. The van der Waals surface area contributed by atoms with Gasteiger partial charge in [0.05, 0.1) is 12.7 Å². The van der Waals surface area contributed by atoms with Crippen molar-refractivity contribution in [2.45, 2.75) is 38.6 Å². The van der Waals surface area contributed by atoms with E-state index < -0.39 is 0 Å². The Balaban J connectivity index is 2.13. The summed E-state index contributed by atoms with van der Waals surface area (Å²) in [7, 11) is 1.56. The van der Waals surface area contributed by atoms with Crippen molar-refractivity contribution < 1.29 is 9.53 Å². The van der Waals surface area contributed by atoms with E-state index in [-0.39, 0.29) is 11.9 Å². The van der Waals surface area contributed by atoms with E-state index in [0.717, 1.165) is 6.42 Å². The van der Waals surface area contributed by atoms with Crippen LogP contribution in [0.2, 0.25) is 5.02 Å². The number of methoxy groups -OCH3 is 1. The van der Waals surface area contributed by atoms with Crippen LogP contribution in [0.25, 0.3) is 0 Å². The van der Waals surface area contributed by atoms with Crippen LogP contribution in [-0.2, 0) is 0 Å². The van der Waals surface area contributed by atoms with Crippen molar-refractivity contribution >= 4 is 17.5 Å². The lowest BCUT2D eigenvalue weighted by atomic mass is 9.86. The van der Waals surface area contributed by atoms with Gasteiger partial charge in [-0.25, -0.2) is 0 Å². The van der Waals surface area contributed by atoms with E-state index in [1.54, 1.807) is 25.3 Å². The van der Waals surface area contributed by atoms with Crippen molar-refractivity contribution in [2.24, 2.45) is 5.92 Å². The molecule has 1 aromatic rings. The summed E-state index contributed by atoms with van der Waals surface area (Å²) in [5.74, 6) is 0.992. The van der Waals surface area contributed by atoms with E-state index in [1.165, 1.54) is 19.3 Å². The zero-order valence-corrected chi connectivity index (χ0v) is 12.2. The summed E-state index contributed by atoms with van der Waals surface area (Å²) in [5.41, 5.74) is 0.507. The van der Waals surface area contributed by atoms with Gasteiger partial charge in [-0.05, 0) is 37.0 Å². The summed E-state index contributed by atoms with van der Waals surface area (Å²) in [6.07, 6.45) is 4.67. The van der Waals surface area contributed by atoms with Crippen molar-refractivity contribution in [3.8, 4) is 5.75 Å². The smallest absolute Gasteiger partial charge is 0.255 e. The molecule has 0 heterocycles. The van der Waals surface area contributed by atoms with Gasteiger partial charge in [0, 0.05) is 11.1 Å². The Morgan fingerprint density at radius 1 is 1.37 bits per heavy atom. The average molecular weight is 282 g/mol. The fourth-order valence-electron chi connectivity index (χ4n) is 2.63. The number of hydrogen-bond donors (Lipinski definition) is 1. The highest BCUT2D eigenvalue weighted by Crippen LogP contribution is 2.26. The van der Waals surface area contributed by atoms with Crippen LogP contribution < -0.4 is 10.1 Å². The first-order valence-corrected chi connectivity index (χ1v) is 7.14. The Morgan fingerprint density at radius 2 is 2.11 bits per heavy atom. The molecule has 0 radical (unpaired) electrons. The summed E-state index contributed by atoms with van der Waals surface area (Å²) in [4.78, 5) is 12.3. The molecule has 104 valence electrons. The summed E-state index contributed by atoms with van der Waals surface area (Å²) < 4.78 is 5.22. The van der Waals surface area contributed by atoms with Crippen molar-refractivity contribution in [2.75, 3.05) is 7.11 Å². The topological polar surface area (TPSA) is 38.3 Å². The molecule has 19 heavy (non-hydrogen) atoms. The number of ether oxygens (including phenoxy) is 1. The Hall–Kier alpha value is -1.22. The van der Waals surface area contributed by atoms with Gasteiger partial charge in [-0.3, -0.25) is 4.79 Å². The molecule has 1 amide bonds. The van der Waals surface area contributed by atoms with Crippen molar-refractivity contribution in [3.63, 3.8) is 0 Å². The molecule has 1 N–H and O–H groups in total. The Morgan fingerprint density at radius 3 is 2.79 bits per heavy atom. The molecular weight excluding hydrogens is 262 g/mol. The molecule has 0 aromatic heterocycles. The molecule has 0 spiro atoms. The van der Waals surface area contributed by atoms with E-state index in [1.807, 2.05) is 0 Å². The van der Waals surface area contributed by atoms with E-state index in [9.17, 15) is 4.79 Å². The van der Waals surface area contributed by atoms with E-state index in [0.29, 0.717) is 22.3 Å². The zero-order chi connectivity index (χ0) is 13.8. The minimum atomic E-state index is -0.0990. The molecule has 1 aliphatic rings. The summed E-state index contributed by atoms with van der Waals surface area (Å²) >= 11 is 5.95. The Kier molecular flexibility index (Phi) is 4.70. The number of amides is 1. The van der Waals surface area contributed by atoms with E-state index in [2.05, 4.69) is 12.2 Å². The van der Waals surface area contributed by atoms with Gasteiger partial charge in [0.15, 0.2) is 0 Å². The number of carbonyl (C=O) groups is 1. The van der Waals surface area contributed by atoms with Crippen molar-refractivity contribution in [1.82, 2.24) is 5.32 Å². The van der Waals surface area contributed by atoms with Crippen LogP contribution in [0.3, 0.4) is 0 Å². The van der Waals surface area contributed by atoms with Gasteiger partial charge in [-0.15, -0.1) is 0 Å². The number of benzene rings is 1. The molecule has 0 saturated heterocycles. The molecule has 2 atom stereocenters. The maximum Gasteiger partial charge on any atom is 0.255 e. The number of hydrogen-bond acceptors (Lipinski definition) is 2. The molecule has 1 saturated carbocycles. The maximum absolute atomic E-state index is 12.3. The van der Waals surface area contributed by atoms with Crippen LogP contribution >= 0.6 is 11.6 Å². The Bertz CT molecular complexity index is 461. The lowest BCUT2D eigenvalue weighted by molar-refractivity contribution is 0.0907. The third kappa shape index (κ3) is 3.41. The number of carbonyl (C=O) groups excluding carboxylic acids is 1. The number of halogens is 1. The first-order valence-electron chi connectivity index (χ1n) is 6.76. The van der Waals surface area contributed by atoms with Gasteiger partial charge >= 0.3 is 0 Å². The first kappa shape index (κ1) is 14.2. The molecule has 3 nitrogen and oxygen atoms in total. The first-order chi connectivity index (χ1) is 9.11. The molecule has 1 aliphatic carbocycles. The fraction of sp³-hybridized carbons (Fsp3) is 0.533. The highest BCUT2D eigenvalue weighted by atomic mass is 35.5. The predicted molar refractivity (Wildman–Crippen MR) is 76.9 cm³/mol. The SMILES string of the molecule is COc1ccc(Cl)cc1C(=O)N[C@H]1CCCC[C@@H]1C. The van der Waals surface area contributed by atoms with Crippen LogP contribution in [0.15, 0.2) is 18.2 Å². The van der Waals surface area contributed by atoms with Crippen LogP contribution in [0.4, 0.5) is 0 Å². The van der Waals surface area contributed by atoms with Gasteiger partial charge in [-0.2, -0.15) is 0 Å². The van der Waals surface area contributed by atoms with Crippen molar-refractivity contribution in [3.05, 3.63) is 28.8 Å². The normalized spacial score (nSPS) is 22.9. The van der Waals surface area contributed by atoms with Gasteiger partial charge < -0.3 is 10.1 Å². The highest BCUT2D eigenvalue weighted by molar-refractivity contribution is 6.31. The minimum Gasteiger partial charge on any atom is -0.496 e. The molecule has 1 aromatic carbocycles. The second-order valence-corrected chi connectivity index (χ2v) is 5.62. The van der Waals surface area contributed by atoms with Gasteiger partial charge in [0.1, 0.15) is 5.75 Å². The third-order valence-corrected chi connectivity index (χ3v) is 4.07. The lowest BCUT2D eigenvalue weighted by Crippen LogP contribution is -2.41. The van der Waals surface area contributed by atoms with Crippen LogP contribution in [0, 0.1) is 5.92 Å². The van der Waals surface area contributed by atoms with E-state index >= 15 is 0 Å². The standard InChI is InChI=1S/C15H20ClNO2/c1-10-5-3-4-6-13(10)17-15(18)12-9-11(16)7-8-14(12)19-2/h7-10,13H,3-6H2,1-2H3,(H,17,18)/t10-,13-/m0/s1. The predicted octanol–water partition coefficient (Wildman–Crippen LogP) is 3.66. The summed E-state index contributed by atoms with van der Waals surface area (Å²) in [6, 6.07) is 5.36. The lowest BCUT2D eigenvalue weighted by Gasteiger charge is -2.29. The number of rotatable bonds is 3. The Labute approximate surface area is 119 Å². The van der Waals surface area contributed by atoms with Crippen molar-refractivity contribution in [1.29, 1.82) is 0 Å². The maximum atomic E-state index is 12.3. The highest BCUT2D eigenvalue weighted by Gasteiger charge is 2.24. The largest absolute Gasteiger partial charge is 0.496 e. The summed E-state index contributed by atoms with van der Waals surface area (Å²) in [5, 5.41) is 3.65. The molecular formula is C15H20ClNO2. The molecule has 2 rings (SSSR count). The summed E-state index contributed by atoms with van der Waals surface area (Å²) in [6.45, 7) is 2.19. The fourth-order valence-corrected chi connectivity index (χ4v) is 2.81. The van der Waals surface area contributed by atoms with Gasteiger partial charge in [0.25, 0.3) is 5.91 Å². The minimum absolute atomic E-state index is 0.0990.